The predicted molar refractivity (Wildman–Crippen MR) is 50.5 cm³/mol. The lowest BCUT2D eigenvalue weighted by atomic mass is 10.4. The molecule has 15 heavy (non-hydrogen) atoms. The number of hydrogen-bond acceptors (Lipinski definition) is 6. The molecule has 0 aliphatic rings. The zero-order chi connectivity index (χ0) is 11.1. The second kappa shape index (κ2) is 6.13. The molecule has 0 aromatic carbocycles. The van der Waals surface area contributed by atoms with Crippen LogP contribution in [-0.4, -0.2) is 36.5 Å². The molecule has 0 unspecified atom stereocenters. The van der Waals surface area contributed by atoms with Gasteiger partial charge in [0.25, 0.3) is 0 Å². The molecule has 0 amide bonds. The Kier molecular flexibility index (Phi) is 4.76. The van der Waals surface area contributed by atoms with Gasteiger partial charge in [-0.05, 0) is 6.42 Å². The first-order chi connectivity index (χ1) is 7.27. The number of methoxy groups -OCH3 is 1. The quantitative estimate of drug-likeness (QED) is 0.515. The second-order valence-corrected chi connectivity index (χ2v) is 2.85. The summed E-state index contributed by atoms with van der Waals surface area (Å²) in [4.78, 5) is 11.0. The van der Waals surface area contributed by atoms with E-state index < -0.39 is 5.97 Å². The summed E-state index contributed by atoms with van der Waals surface area (Å²) >= 11 is 0. The normalized spacial score (nSPS) is 10.3. The van der Waals surface area contributed by atoms with Crippen LogP contribution in [0.5, 0.6) is 0 Å². The van der Waals surface area contributed by atoms with Gasteiger partial charge in [-0.2, -0.15) is 0 Å². The molecule has 0 aliphatic carbocycles. The Labute approximate surface area is 87.6 Å². The first-order valence-corrected chi connectivity index (χ1v) is 4.76. The summed E-state index contributed by atoms with van der Waals surface area (Å²) in [7, 11) is 1.26. The maximum absolute atomic E-state index is 11.0. The van der Waals surface area contributed by atoms with Crippen molar-refractivity contribution in [2.45, 2.75) is 19.8 Å². The van der Waals surface area contributed by atoms with Crippen LogP contribution in [0.25, 0.3) is 0 Å². The first kappa shape index (κ1) is 11.6. The van der Waals surface area contributed by atoms with Gasteiger partial charge in [0.15, 0.2) is 0 Å². The van der Waals surface area contributed by atoms with Crippen LogP contribution in [0.4, 0.5) is 0 Å². The third kappa shape index (κ3) is 3.67. The van der Waals surface area contributed by atoms with Gasteiger partial charge in [0.1, 0.15) is 0 Å². The molecule has 6 heteroatoms. The fourth-order valence-corrected chi connectivity index (χ4v) is 0.930. The lowest BCUT2D eigenvalue weighted by Crippen LogP contribution is -2.01. The molecule has 0 spiro atoms. The third-order valence-electron chi connectivity index (χ3n) is 1.64. The molecule has 84 valence electrons. The molecule has 1 heterocycles. The molecule has 0 atom stereocenters. The molecule has 0 radical (unpaired) electrons. The van der Waals surface area contributed by atoms with Crippen LogP contribution in [0.15, 0.2) is 4.42 Å². The van der Waals surface area contributed by atoms with Crippen LogP contribution in [0.3, 0.4) is 0 Å². The molecule has 0 N–H and O–H groups in total. The van der Waals surface area contributed by atoms with E-state index in [-0.39, 0.29) is 5.89 Å². The number of carbonyl (C=O) groups excluding carboxylic acids is 1. The van der Waals surface area contributed by atoms with E-state index in [1.807, 2.05) is 6.92 Å². The minimum absolute atomic E-state index is 0.122. The van der Waals surface area contributed by atoms with E-state index in [0.717, 1.165) is 6.42 Å². The lowest BCUT2D eigenvalue weighted by Gasteiger charge is -1.97. The Hall–Kier alpha value is -1.43. The zero-order valence-electron chi connectivity index (χ0n) is 8.86. The smallest absolute Gasteiger partial charge is 0.396 e. The molecule has 0 bridgehead atoms. The van der Waals surface area contributed by atoms with E-state index in [9.17, 15) is 4.79 Å². The van der Waals surface area contributed by atoms with E-state index in [2.05, 4.69) is 14.9 Å². The van der Waals surface area contributed by atoms with E-state index in [4.69, 9.17) is 9.15 Å². The Balaban J connectivity index is 2.36. The molecule has 0 aliphatic heterocycles. The molecule has 1 rings (SSSR count). The largest absolute Gasteiger partial charge is 0.462 e. The number of rotatable bonds is 6. The highest BCUT2D eigenvalue weighted by Crippen LogP contribution is 2.02. The number of hydrogen-bond donors (Lipinski definition) is 0. The van der Waals surface area contributed by atoms with Crippen molar-refractivity contribution in [3.63, 3.8) is 0 Å². The highest BCUT2D eigenvalue weighted by molar-refractivity contribution is 5.83. The average Bonchev–Trinajstić information content (AvgIpc) is 2.72. The highest BCUT2D eigenvalue weighted by atomic mass is 16.5. The van der Waals surface area contributed by atoms with Crippen LogP contribution < -0.4 is 0 Å². The van der Waals surface area contributed by atoms with Crippen molar-refractivity contribution in [3.05, 3.63) is 11.8 Å². The Morgan fingerprint density at radius 3 is 2.87 bits per heavy atom. The zero-order valence-corrected chi connectivity index (χ0v) is 8.86. The van der Waals surface area contributed by atoms with Crippen molar-refractivity contribution in [2.24, 2.45) is 0 Å². The molecule has 0 saturated carbocycles. The molecule has 6 nitrogen and oxygen atoms in total. The highest BCUT2D eigenvalue weighted by Gasteiger charge is 2.14. The van der Waals surface area contributed by atoms with Gasteiger partial charge in [-0.3, -0.25) is 0 Å². The van der Waals surface area contributed by atoms with Crippen LogP contribution in [0, 0.1) is 0 Å². The SMILES string of the molecule is CCCOCCc1nnc(C(=O)OC)o1. The van der Waals surface area contributed by atoms with Gasteiger partial charge in [-0.1, -0.05) is 6.92 Å². The van der Waals surface area contributed by atoms with Gasteiger partial charge < -0.3 is 13.9 Å². The summed E-state index contributed by atoms with van der Waals surface area (Å²) < 4.78 is 14.7. The maximum atomic E-state index is 11.0. The third-order valence-corrected chi connectivity index (χ3v) is 1.64. The van der Waals surface area contributed by atoms with E-state index in [1.165, 1.54) is 7.11 Å². The second-order valence-electron chi connectivity index (χ2n) is 2.85. The monoisotopic (exact) mass is 214 g/mol. The fraction of sp³-hybridized carbons (Fsp3) is 0.667. The Morgan fingerprint density at radius 2 is 2.20 bits per heavy atom. The van der Waals surface area contributed by atoms with Gasteiger partial charge >= 0.3 is 11.9 Å². The number of ether oxygens (including phenoxy) is 2. The number of nitrogens with zero attached hydrogens (tertiary/aromatic N) is 2. The summed E-state index contributed by atoms with van der Waals surface area (Å²) in [5.74, 6) is -0.363. The van der Waals surface area contributed by atoms with Gasteiger partial charge in [-0.25, -0.2) is 4.79 Å². The number of aromatic nitrogens is 2. The predicted octanol–water partition coefficient (Wildman–Crippen LogP) is 0.825. The summed E-state index contributed by atoms with van der Waals surface area (Å²) in [6, 6.07) is 0. The topological polar surface area (TPSA) is 74.5 Å². The maximum Gasteiger partial charge on any atom is 0.396 e. The van der Waals surface area contributed by atoms with Crippen molar-refractivity contribution in [3.8, 4) is 0 Å². The van der Waals surface area contributed by atoms with Crippen LogP contribution in [0.2, 0.25) is 0 Å². The van der Waals surface area contributed by atoms with Crippen LogP contribution >= 0.6 is 0 Å². The van der Waals surface area contributed by atoms with Crippen molar-refractivity contribution in [1.29, 1.82) is 0 Å². The minimum Gasteiger partial charge on any atom is -0.462 e. The van der Waals surface area contributed by atoms with E-state index >= 15 is 0 Å². The van der Waals surface area contributed by atoms with E-state index in [1.54, 1.807) is 0 Å². The van der Waals surface area contributed by atoms with Crippen molar-refractivity contribution in [2.75, 3.05) is 20.3 Å². The van der Waals surface area contributed by atoms with Crippen LogP contribution in [-0.2, 0) is 15.9 Å². The average molecular weight is 214 g/mol. The summed E-state index contributed by atoms with van der Waals surface area (Å²) in [5.41, 5.74) is 0. The molecular weight excluding hydrogens is 200 g/mol. The van der Waals surface area contributed by atoms with Crippen molar-refractivity contribution < 1.29 is 18.7 Å². The van der Waals surface area contributed by atoms with Crippen LogP contribution in [0.1, 0.15) is 29.9 Å². The van der Waals surface area contributed by atoms with Crippen molar-refractivity contribution in [1.82, 2.24) is 10.2 Å². The first-order valence-electron chi connectivity index (χ1n) is 4.76. The molecular formula is C9H14N2O4. The summed E-state index contributed by atoms with van der Waals surface area (Å²) in [6.07, 6.45) is 1.47. The van der Waals surface area contributed by atoms with Crippen molar-refractivity contribution >= 4 is 5.97 Å². The fourth-order valence-electron chi connectivity index (χ4n) is 0.930. The lowest BCUT2D eigenvalue weighted by molar-refractivity contribution is 0.0552. The Bertz CT molecular complexity index is 311. The number of esters is 1. The van der Waals surface area contributed by atoms with Gasteiger partial charge in [-0.15, -0.1) is 10.2 Å². The number of carbonyl (C=O) groups is 1. The van der Waals surface area contributed by atoms with Gasteiger partial charge in [0.05, 0.1) is 13.7 Å². The minimum atomic E-state index is -0.622. The molecule has 0 saturated heterocycles. The Morgan fingerprint density at radius 1 is 1.40 bits per heavy atom. The van der Waals surface area contributed by atoms with E-state index in [0.29, 0.717) is 25.5 Å². The summed E-state index contributed by atoms with van der Waals surface area (Å²) in [6.45, 7) is 3.25. The van der Waals surface area contributed by atoms with Gasteiger partial charge in [0.2, 0.25) is 5.89 Å². The molecule has 1 aromatic rings. The molecule has 0 fully saturated rings. The van der Waals surface area contributed by atoms with Gasteiger partial charge in [0, 0.05) is 13.0 Å². The standard InChI is InChI=1S/C9H14N2O4/c1-3-5-14-6-4-7-10-11-8(15-7)9(12)13-2/h3-6H2,1-2H3. The molecule has 1 aromatic heterocycles. The summed E-state index contributed by atoms with van der Waals surface area (Å²) in [5, 5.41) is 7.22.